The van der Waals surface area contributed by atoms with Crippen molar-refractivity contribution in [1.29, 1.82) is 0 Å². The van der Waals surface area contributed by atoms with Gasteiger partial charge in [0.1, 0.15) is 0 Å². The topological polar surface area (TPSA) is 52.6 Å². The maximum atomic E-state index is 10.8. The molecule has 3 unspecified atom stereocenters. The van der Waals surface area contributed by atoms with Crippen LogP contribution >= 0.6 is 11.3 Å². The summed E-state index contributed by atoms with van der Waals surface area (Å²) in [5, 5.41) is 2.16. The first kappa shape index (κ1) is 18.3. The average molecular weight is 391 g/mol. The first-order chi connectivity index (χ1) is 12.6. The molecule has 6 heteroatoms. The first-order valence-corrected chi connectivity index (χ1v) is 11.2. The fourth-order valence-electron chi connectivity index (χ4n) is 4.67. The zero-order valence-electron chi connectivity index (χ0n) is 15.1. The summed E-state index contributed by atoms with van der Waals surface area (Å²) < 4.78 is 22.3. The van der Waals surface area contributed by atoms with Crippen molar-refractivity contribution in [1.82, 2.24) is 9.62 Å². The molecule has 2 aliphatic rings. The number of nitrogens with zero attached hydrogens (tertiary/aromatic N) is 1. The molecule has 26 heavy (non-hydrogen) atoms. The van der Waals surface area contributed by atoms with Crippen LogP contribution in [-0.2, 0) is 29.6 Å². The van der Waals surface area contributed by atoms with E-state index in [0.29, 0.717) is 6.54 Å². The Balaban J connectivity index is 1.31. The van der Waals surface area contributed by atoms with Crippen molar-refractivity contribution in [3.63, 3.8) is 0 Å². The van der Waals surface area contributed by atoms with Crippen molar-refractivity contribution in [3.05, 3.63) is 57.8 Å². The van der Waals surface area contributed by atoms with Gasteiger partial charge in [0.15, 0.2) is 0 Å². The van der Waals surface area contributed by atoms with Crippen molar-refractivity contribution in [2.75, 3.05) is 19.6 Å². The van der Waals surface area contributed by atoms with Gasteiger partial charge in [-0.15, -0.1) is 11.3 Å². The number of likely N-dealkylation sites (tertiary alicyclic amines) is 1. The van der Waals surface area contributed by atoms with Crippen LogP contribution in [0, 0.1) is 11.8 Å². The van der Waals surface area contributed by atoms with Crippen molar-refractivity contribution in [2.24, 2.45) is 11.8 Å². The summed E-state index contributed by atoms with van der Waals surface area (Å²) in [6, 6.07) is 12.9. The molecule has 3 atom stereocenters. The van der Waals surface area contributed by atoms with Crippen molar-refractivity contribution >= 4 is 22.6 Å². The van der Waals surface area contributed by atoms with Crippen LogP contribution in [-0.4, -0.2) is 33.3 Å². The van der Waals surface area contributed by atoms with Gasteiger partial charge in [-0.05, 0) is 53.8 Å². The van der Waals surface area contributed by atoms with Gasteiger partial charge in [-0.3, -0.25) is 4.55 Å². The van der Waals surface area contributed by atoms with Gasteiger partial charge in [0.05, 0.1) is 0 Å². The lowest BCUT2D eigenvalue weighted by Gasteiger charge is -2.24. The molecule has 0 amide bonds. The number of fused-ring (bicyclic) bond motifs is 1. The van der Waals surface area contributed by atoms with Crippen LogP contribution in [0.1, 0.15) is 29.3 Å². The second-order valence-corrected chi connectivity index (χ2v) is 9.53. The molecule has 2 fully saturated rings. The van der Waals surface area contributed by atoms with E-state index >= 15 is 0 Å². The summed E-state index contributed by atoms with van der Waals surface area (Å²) in [6.45, 7) is 6.43. The zero-order chi connectivity index (χ0) is 18.1. The molecule has 4 rings (SSSR count). The Hall–Kier alpha value is -1.05. The average Bonchev–Trinajstić information content (AvgIpc) is 3.08. The van der Waals surface area contributed by atoms with Crippen molar-refractivity contribution < 1.29 is 8.76 Å². The molecule has 0 spiro atoms. The number of piperidine rings is 1. The first-order valence-electron chi connectivity index (χ1n) is 9.26. The van der Waals surface area contributed by atoms with Crippen LogP contribution in [0.3, 0.4) is 0 Å². The second kappa shape index (κ2) is 7.52. The molecular weight excluding hydrogens is 364 g/mol. The predicted molar refractivity (Wildman–Crippen MR) is 107 cm³/mol. The lowest BCUT2D eigenvalue weighted by Crippen LogP contribution is -2.30. The van der Waals surface area contributed by atoms with E-state index in [2.05, 4.69) is 52.3 Å². The third-order valence-electron chi connectivity index (χ3n) is 6.25. The van der Waals surface area contributed by atoms with E-state index in [0.717, 1.165) is 17.4 Å². The van der Waals surface area contributed by atoms with Gasteiger partial charge >= 0.3 is 0 Å². The van der Waals surface area contributed by atoms with Crippen LogP contribution in [0.2, 0.25) is 0 Å². The van der Waals surface area contributed by atoms with Gasteiger partial charge in [-0.25, -0.2) is 8.93 Å². The molecule has 4 nitrogen and oxygen atoms in total. The van der Waals surface area contributed by atoms with Gasteiger partial charge in [0.2, 0.25) is 11.3 Å². The van der Waals surface area contributed by atoms with E-state index in [1.165, 1.54) is 42.9 Å². The Labute approximate surface area is 162 Å². The van der Waals surface area contributed by atoms with Gasteiger partial charge in [-0.1, -0.05) is 37.3 Å². The molecule has 2 N–H and O–H groups in total. The maximum absolute atomic E-state index is 10.8. The molecule has 1 aliphatic heterocycles. The molecule has 1 aliphatic carbocycles. The smallest absolute Gasteiger partial charge is 0.232 e. The number of rotatable bonds is 8. The van der Waals surface area contributed by atoms with Gasteiger partial charge in [0, 0.05) is 29.9 Å². The molecular formula is C20H26N2O2S2. The normalized spacial score (nSPS) is 28.8. The molecule has 1 aromatic carbocycles. The van der Waals surface area contributed by atoms with Crippen molar-refractivity contribution in [3.8, 4) is 0 Å². The molecule has 0 bridgehead atoms. The Morgan fingerprint density at radius 1 is 1.31 bits per heavy atom. The Morgan fingerprint density at radius 3 is 2.81 bits per heavy atom. The highest BCUT2D eigenvalue weighted by Gasteiger charge is 2.65. The van der Waals surface area contributed by atoms with E-state index < -0.39 is 11.3 Å². The van der Waals surface area contributed by atoms with Crippen LogP contribution in [0.15, 0.2) is 41.8 Å². The van der Waals surface area contributed by atoms with E-state index in [4.69, 9.17) is 4.55 Å². The van der Waals surface area contributed by atoms with E-state index in [-0.39, 0.29) is 5.41 Å². The summed E-state index contributed by atoms with van der Waals surface area (Å²) in [4.78, 5) is 4.12. The standard InChI is InChI=1S/C20H26N2O2S2/c1-20(16-6-2-5-15(11-16)12-21-26(23)24)18-13-22(14-19(18)20)9-3-7-17-8-4-10-25-17/h2,4-6,8,10-11,18-19,21H,3,7,9,12-14H2,1H3,(H,23,24). The second-order valence-electron chi connectivity index (χ2n) is 7.71. The lowest BCUT2D eigenvalue weighted by atomic mass is 9.91. The lowest BCUT2D eigenvalue weighted by molar-refractivity contribution is 0.274. The quantitative estimate of drug-likeness (QED) is 0.679. The molecule has 1 saturated heterocycles. The summed E-state index contributed by atoms with van der Waals surface area (Å²) in [7, 11) is 0. The molecule has 2 heterocycles. The fourth-order valence-corrected chi connectivity index (χ4v) is 5.71. The highest BCUT2D eigenvalue weighted by Crippen LogP contribution is 2.63. The summed E-state index contributed by atoms with van der Waals surface area (Å²) in [5.41, 5.74) is 2.73. The zero-order valence-corrected chi connectivity index (χ0v) is 16.7. The third-order valence-corrected chi connectivity index (χ3v) is 7.58. The van der Waals surface area contributed by atoms with Crippen molar-refractivity contribution in [2.45, 2.75) is 31.7 Å². The van der Waals surface area contributed by atoms with Crippen LogP contribution in [0.25, 0.3) is 0 Å². The summed E-state index contributed by atoms with van der Waals surface area (Å²) in [6.07, 6.45) is 2.44. The highest BCUT2D eigenvalue weighted by atomic mass is 32.2. The summed E-state index contributed by atoms with van der Waals surface area (Å²) >= 11 is -0.0976. The van der Waals surface area contributed by atoms with Gasteiger partial charge < -0.3 is 4.90 Å². The maximum Gasteiger partial charge on any atom is 0.232 e. The minimum atomic E-state index is -1.96. The molecule has 140 valence electrons. The van der Waals surface area contributed by atoms with Crippen LogP contribution < -0.4 is 4.72 Å². The third kappa shape index (κ3) is 3.66. The van der Waals surface area contributed by atoms with Gasteiger partial charge in [-0.2, -0.15) is 0 Å². The summed E-state index contributed by atoms with van der Waals surface area (Å²) in [5.74, 6) is 1.50. The number of nitrogens with one attached hydrogen (secondary N) is 1. The Kier molecular flexibility index (Phi) is 5.30. The Bertz CT molecular complexity index is 766. The van der Waals surface area contributed by atoms with Crippen LogP contribution in [0.4, 0.5) is 0 Å². The Morgan fingerprint density at radius 2 is 2.12 bits per heavy atom. The SMILES string of the molecule is CC1(c2cccc(CNS(=O)O)c2)C2CN(CCCc3cccs3)CC21. The number of hydrogen-bond acceptors (Lipinski definition) is 3. The highest BCUT2D eigenvalue weighted by molar-refractivity contribution is 7.77. The van der Waals surface area contributed by atoms with E-state index in [9.17, 15) is 4.21 Å². The number of benzene rings is 1. The number of aryl methyl sites for hydroxylation is 1. The minimum absolute atomic E-state index is 0.276. The predicted octanol–water partition coefficient (Wildman–Crippen LogP) is 3.43. The fraction of sp³-hybridized carbons (Fsp3) is 0.500. The van der Waals surface area contributed by atoms with E-state index in [1.807, 2.05) is 17.4 Å². The van der Waals surface area contributed by atoms with E-state index in [1.54, 1.807) is 0 Å². The molecule has 2 aromatic rings. The number of hydrogen-bond donors (Lipinski definition) is 2. The minimum Gasteiger partial charge on any atom is -0.303 e. The largest absolute Gasteiger partial charge is 0.303 e. The molecule has 0 radical (unpaired) electrons. The van der Waals surface area contributed by atoms with Gasteiger partial charge in [0.25, 0.3) is 0 Å². The van der Waals surface area contributed by atoms with Crippen LogP contribution in [0.5, 0.6) is 0 Å². The molecule has 1 aromatic heterocycles. The monoisotopic (exact) mass is 390 g/mol. The molecule has 1 saturated carbocycles. The number of thiophene rings is 1.